The number of nitrogens with one attached hydrogen (secondary N) is 2. The molecule has 1 atom stereocenters. The molecule has 1 saturated heterocycles. The Morgan fingerprint density at radius 1 is 1.17 bits per heavy atom. The van der Waals surface area contributed by atoms with Gasteiger partial charge in [0.2, 0.25) is 0 Å². The fraction of sp³-hybridized carbons (Fsp3) is 0.273. The van der Waals surface area contributed by atoms with E-state index < -0.39 is 9.84 Å². The van der Waals surface area contributed by atoms with Crippen LogP contribution in [0.25, 0.3) is 0 Å². The normalized spacial score (nSPS) is 20.8. The summed E-state index contributed by atoms with van der Waals surface area (Å²) in [5.41, 5.74) is 3.75. The van der Waals surface area contributed by atoms with Crippen molar-refractivity contribution in [2.24, 2.45) is 10.9 Å². The van der Waals surface area contributed by atoms with Gasteiger partial charge in [-0.3, -0.25) is 4.79 Å². The number of allylic oxidation sites excluding steroid dienone is 3. The van der Waals surface area contributed by atoms with E-state index in [0.717, 1.165) is 17.0 Å². The van der Waals surface area contributed by atoms with Crippen LogP contribution in [-0.2, 0) is 14.6 Å². The molecule has 1 aromatic carbocycles. The predicted molar refractivity (Wildman–Crippen MR) is 120 cm³/mol. The molecule has 0 saturated carbocycles. The lowest BCUT2D eigenvalue weighted by molar-refractivity contribution is -0.112. The lowest BCUT2D eigenvalue weighted by Gasteiger charge is -2.28. The summed E-state index contributed by atoms with van der Waals surface area (Å²) in [5.74, 6) is 0.161. The molecule has 2 aliphatic rings. The number of amides is 1. The smallest absolute Gasteiger partial charge is 0.274 e. The minimum Gasteiger partial charge on any atom is -0.369 e. The summed E-state index contributed by atoms with van der Waals surface area (Å²) < 4.78 is 23.2. The zero-order valence-electron chi connectivity index (χ0n) is 16.7. The molecule has 4 rings (SSSR count). The van der Waals surface area contributed by atoms with E-state index in [0.29, 0.717) is 24.5 Å². The van der Waals surface area contributed by atoms with Crippen LogP contribution in [0.4, 0.5) is 11.4 Å². The number of rotatable bonds is 4. The Labute approximate surface area is 176 Å². The highest BCUT2D eigenvalue weighted by atomic mass is 32.2. The van der Waals surface area contributed by atoms with E-state index in [9.17, 15) is 13.2 Å². The molecule has 7 nitrogen and oxygen atoms in total. The molecule has 1 amide bonds. The molecule has 2 aromatic rings. The Morgan fingerprint density at radius 3 is 2.57 bits per heavy atom. The minimum absolute atomic E-state index is 0.0926. The number of benzene rings is 1. The largest absolute Gasteiger partial charge is 0.369 e. The Kier molecular flexibility index (Phi) is 5.59. The summed E-state index contributed by atoms with van der Waals surface area (Å²) in [6, 6.07) is 9.37. The summed E-state index contributed by atoms with van der Waals surface area (Å²) in [7, 11) is -2.91. The van der Waals surface area contributed by atoms with Crippen molar-refractivity contribution in [1.82, 2.24) is 4.98 Å². The number of carbonyl (C=O) groups is 1. The van der Waals surface area contributed by atoms with E-state index in [-0.39, 0.29) is 23.3 Å². The highest BCUT2D eigenvalue weighted by Gasteiger charge is 2.22. The van der Waals surface area contributed by atoms with Crippen LogP contribution in [-0.4, -0.2) is 49.6 Å². The van der Waals surface area contributed by atoms with Gasteiger partial charge in [0.25, 0.3) is 5.91 Å². The molecule has 1 fully saturated rings. The van der Waals surface area contributed by atoms with Gasteiger partial charge in [-0.1, -0.05) is 19.1 Å². The van der Waals surface area contributed by atoms with Crippen LogP contribution in [0.5, 0.6) is 0 Å². The highest BCUT2D eigenvalue weighted by molar-refractivity contribution is 7.91. The first-order chi connectivity index (χ1) is 14.4. The number of aliphatic imine (C=N–C) groups is 1. The molecule has 0 aliphatic carbocycles. The molecule has 30 heavy (non-hydrogen) atoms. The van der Waals surface area contributed by atoms with Crippen molar-refractivity contribution in [3.63, 3.8) is 0 Å². The van der Waals surface area contributed by atoms with Crippen molar-refractivity contribution in [1.29, 1.82) is 0 Å². The number of aromatic amines is 1. The van der Waals surface area contributed by atoms with Crippen LogP contribution in [0.2, 0.25) is 0 Å². The summed E-state index contributed by atoms with van der Waals surface area (Å²) in [6.45, 7) is 3.02. The van der Waals surface area contributed by atoms with E-state index in [1.165, 1.54) is 0 Å². The number of nitrogens with zero attached hydrogens (tertiary/aromatic N) is 2. The van der Waals surface area contributed by atoms with Crippen LogP contribution in [0, 0.1) is 5.92 Å². The third kappa shape index (κ3) is 4.54. The Hall–Kier alpha value is -3.13. The van der Waals surface area contributed by atoms with Gasteiger partial charge in [0, 0.05) is 48.3 Å². The van der Waals surface area contributed by atoms with Crippen molar-refractivity contribution in [2.75, 3.05) is 34.8 Å². The average Bonchev–Trinajstić information content (AvgIpc) is 3.18. The van der Waals surface area contributed by atoms with Crippen LogP contribution in [0.15, 0.2) is 71.6 Å². The maximum atomic E-state index is 12.8. The van der Waals surface area contributed by atoms with E-state index in [1.807, 2.05) is 66.7 Å². The van der Waals surface area contributed by atoms with Gasteiger partial charge < -0.3 is 15.2 Å². The average molecular weight is 425 g/mol. The lowest BCUT2D eigenvalue weighted by Crippen LogP contribution is -2.40. The number of carbonyl (C=O) groups excluding carboxylic acids is 1. The van der Waals surface area contributed by atoms with Crippen molar-refractivity contribution in [2.45, 2.75) is 6.92 Å². The molecule has 2 aliphatic heterocycles. The summed E-state index contributed by atoms with van der Waals surface area (Å²) in [6.07, 6.45) is 9.29. The Balaban J connectivity index is 1.46. The van der Waals surface area contributed by atoms with Gasteiger partial charge in [0.05, 0.1) is 17.2 Å². The van der Waals surface area contributed by atoms with E-state index in [1.54, 1.807) is 6.08 Å². The topological polar surface area (TPSA) is 94.6 Å². The molecule has 0 bridgehead atoms. The maximum Gasteiger partial charge on any atom is 0.274 e. The van der Waals surface area contributed by atoms with Crippen LogP contribution in [0.3, 0.4) is 0 Å². The molecule has 156 valence electrons. The monoisotopic (exact) mass is 424 g/mol. The van der Waals surface area contributed by atoms with Gasteiger partial charge in [-0.05, 0) is 36.4 Å². The third-order valence-electron chi connectivity index (χ3n) is 5.29. The molecule has 0 spiro atoms. The van der Waals surface area contributed by atoms with Crippen molar-refractivity contribution in [3.05, 3.63) is 72.2 Å². The van der Waals surface area contributed by atoms with Crippen LogP contribution >= 0.6 is 0 Å². The predicted octanol–water partition coefficient (Wildman–Crippen LogP) is 2.77. The SMILES string of the molecule is CC1C=CC=C(C(=O)Nc2ccc(N3CCS(=O)(=O)CC3)cc2)N=C1c1cc[nH]c1. The Morgan fingerprint density at radius 2 is 1.90 bits per heavy atom. The fourth-order valence-corrected chi connectivity index (χ4v) is 4.73. The second kappa shape index (κ2) is 8.31. The molecule has 1 unspecified atom stereocenters. The minimum atomic E-state index is -2.91. The molecule has 0 radical (unpaired) electrons. The summed E-state index contributed by atoms with van der Waals surface area (Å²) >= 11 is 0. The van der Waals surface area contributed by atoms with Gasteiger partial charge in [-0.15, -0.1) is 0 Å². The maximum absolute atomic E-state index is 12.8. The second-order valence-corrected chi connectivity index (χ2v) is 9.77. The van der Waals surface area contributed by atoms with E-state index in [2.05, 4.69) is 15.3 Å². The molecule has 1 aromatic heterocycles. The second-order valence-electron chi connectivity index (χ2n) is 7.46. The standard InChI is InChI=1S/C22H24N4O3S/c1-16-3-2-4-20(25-21(16)17-9-10-23-15-17)22(27)24-18-5-7-19(8-6-18)26-11-13-30(28,29)14-12-26/h2-10,15-16,23H,11-14H2,1H3,(H,24,27). The number of sulfone groups is 1. The summed E-state index contributed by atoms with van der Waals surface area (Å²) in [5, 5.41) is 2.89. The van der Waals surface area contributed by atoms with E-state index >= 15 is 0 Å². The molecular formula is C22H24N4O3S. The van der Waals surface area contributed by atoms with Gasteiger partial charge in [-0.25, -0.2) is 13.4 Å². The molecule has 8 heteroatoms. The quantitative estimate of drug-likeness (QED) is 0.789. The van der Waals surface area contributed by atoms with Crippen LogP contribution in [0.1, 0.15) is 12.5 Å². The van der Waals surface area contributed by atoms with E-state index in [4.69, 9.17) is 0 Å². The Bertz CT molecular complexity index is 1100. The zero-order valence-corrected chi connectivity index (χ0v) is 17.5. The van der Waals surface area contributed by atoms with Crippen LogP contribution < -0.4 is 10.2 Å². The first kappa shape index (κ1) is 20.2. The van der Waals surface area contributed by atoms with Crippen molar-refractivity contribution < 1.29 is 13.2 Å². The zero-order chi connectivity index (χ0) is 21.1. The molecule has 3 heterocycles. The van der Waals surface area contributed by atoms with Gasteiger partial charge in [-0.2, -0.15) is 0 Å². The van der Waals surface area contributed by atoms with Gasteiger partial charge >= 0.3 is 0 Å². The fourth-order valence-electron chi connectivity index (χ4n) is 3.53. The molecular weight excluding hydrogens is 400 g/mol. The first-order valence-electron chi connectivity index (χ1n) is 9.88. The number of hydrogen-bond acceptors (Lipinski definition) is 5. The third-order valence-corrected chi connectivity index (χ3v) is 6.90. The highest BCUT2D eigenvalue weighted by Crippen LogP contribution is 2.22. The number of H-pyrrole nitrogens is 1. The molecule has 2 N–H and O–H groups in total. The number of aromatic nitrogens is 1. The van der Waals surface area contributed by atoms with Gasteiger partial charge in [0.1, 0.15) is 5.70 Å². The lowest BCUT2D eigenvalue weighted by atomic mass is 10.0. The summed E-state index contributed by atoms with van der Waals surface area (Å²) in [4.78, 5) is 22.5. The number of hydrogen-bond donors (Lipinski definition) is 2. The van der Waals surface area contributed by atoms with Crippen molar-refractivity contribution in [3.8, 4) is 0 Å². The first-order valence-corrected chi connectivity index (χ1v) is 11.7. The van der Waals surface area contributed by atoms with Gasteiger partial charge in [0.15, 0.2) is 9.84 Å². The number of anilines is 2. The van der Waals surface area contributed by atoms with Crippen molar-refractivity contribution >= 4 is 32.8 Å².